The molecule has 2 aliphatic heterocycles. The first-order valence-corrected chi connectivity index (χ1v) is 5.01. The highest BCUT2D eigenvalue weighted by Gasteiger charge is 2.34. The lowest BCUT2D eigenvalue weighted by Crippen LogP contribution is -2.42. The molecule has 15 heavy (non-hydrogen) atoms. The molecule has 4 heteroatoms. The minimum atomic E-state index is -0.689. The van der Waals surface area contributed by atoms with Gasteiger partial charge in [-0.25, -0.2) is 0 Å². The van der Waals surface area contributed by atoms with Crippen molar-refractivity contribution in [1.29, 1.82) is 0 Å². The van der Waals surface area contributed by atoms with E-state index in [0.717, 1.165) is 11.3 Å². The van der Waals surface area contributed by atoms with Crippen LogP contribution in [-0.2, 0) is 4.79 Å². The minimum Gasteiger partial charge on any atom is -0.490 e. The molecule has 1 unspecified atom stereocenters. The number of para-hydroxylation sites is 1. The molecule has 0 saturated carbocycles. The zero-order chi connectivity index (χ0) is 10.4. The number of aliphatic hydroxyl groups is 1. The van der Waals surface area contributed by atoms with Gasteiger partial charge in [0.25, 0.3) is 0 Å². The van der Waals surface area contributed by atoms with Gasteiger partial charge in [-0.2, -0.15) is 0 Å². The number of amides is 1. The van der Waals surface area contributed by atoms with Crippen LogP contribution in [0.15, 0.2) is 18.2 Å². The molecule has 0 spiro atoms. The molecule has 1 aromatic rings. The Balaban J connectivity index is 2.23. The molecule has 0 bridgehead atoms. The van der Waals surface area contributed by atoms with Gasteiger partial charge < -0.3 is 14.7 Å². The Kier molecular flexibility index (Phi) is 1.73. The first-order chi connectivity index (χ1) is 7.27. The molecule has 1 aromatic carbocycles. The number of ether oxygens (including phenoxy) is 1. The van der Waals surface area contributed by atoms with Crippen molar-refractivity contribution < 1.29 is 14.6 Å². The highest BCUT2D eigenvalue weighted by atomic mass is 16.5. The Morgan fingerprint density at radius 3 is 3.20 bits per heavy atom. The zero-order valence-corrected chi connectivity index (χ0v) is 8.14. The van der Waals surface area contributed by atoms with E-state index < -0.39 is 6.10 Å². The second kappa shape index (κ2) is 2.97. The second-order valence-corrected chi connectivity index (χ2v) is 3.81. The number of carbonyl (C=O) groups excluding carboxylic acids is 1. The van der Waals surface area contributed by atoms with Crippen molar-refractivity contribution in [3.8, 4) is 5.75 Å². The summed E-state index contributed by atoms with van der Waals surface area (Å²) in [6.07, 6.45) is -0.512. The highest BCUT2D eigenvalue weighted by Crippen LogP contribution is 2.42. The fraction of sp³-hybridized carbons (Fsp3) is 0.364. The van der Waals surface area contributed by atoms with Crippen LogP contribution in [0.1, 0.15) is 18.1 Å². The molecule has 2 aliphatic rings. The van der Waals surface area contributed by atoms with E-state index in [1.54, 1.807) is 4.90 Å². The molecule has 0 saturated heterocycles. The molecule has 1 atom stereocenters. The Morgan fingerprint density at radius 1 is 1.47 bits per heavy atom. The van der Waals surface area contributed by atoms with Crippen LogP contribution in [0.4, 0.5) is 5.69 Å². The van der Waals surface area contributed by atoms with Gasteiger partial charge in [0.1, 0.15) is 12.4 Å². The lowest BCUT2D eigenvalue weighted by molar-refractivity contribution is -0.121. The minimum absolute atomic E-state index is 0.0225. The van der Waals surface area contributed by atoms with E-state index in [9.17, 15) is 9.90 Å². The predicted octanol–water partition coefficient (Wildman–Crippen LogP) is 0.849. The number of hydrogen-bond donors (Lipinski definition) is 1. The fourth-order valence-electron chi connectivity index (χ4n) is 2.21. The van der Waals surface area contributed by atoms with Crippen molar-refractivity contribution in [1.82, 2.24) is 0 Å². The van der Waals surface area contributed by atoms with Crippen molar-refractivity contribution in [2.24, 2.45) is 0 Å². The number of hydrogen-bond acceptors (Lipinski definition) is 3. The van der Waals surface area contributed by atoms with Crippen molar-refractivity contribution in [3.63, 3.8) is 0 Å². The van der Waals surface area contributed by atoms with E-state index in [4.69, 9.17) is 4.74 Å². The summed E-state index contributed by atoms with van der Waals surface area (Å²) < 4.78 is 5.46. The molecule has 0 aliphatic carbocycles. The molecule has 2 heterocycles. The smallest absolute Gasteiger partial charge is 0.230 e. The van der Waals surface area contributed by atoms with Crippen LogP contribution in [0, 0.1) is 0 Å². The standard InChI is InChI=1S/C11H11NO3/c13-8-6-10(14)12-4-5-15-9-3-1-2-7(8)11(9)12/h1-3,8,13H,4-6H2. The monoisotopic (exact) mass is 205 g/mol. The third-order valence-corrected chi connectivity index (χ3v) is 2.90. The maximum Gasteiger partial charge on any atom is 0.230 e. The molecule has 0 fully saturated rings. The van der Waals surface area contributed by atoms with E-state index >= 15 is 0 Å². The second-order valence-electron chi connectivity index (χ2n) is 3.81. The molecule has 4 nitrogen and oxygen atoms in total. The highest BCUT2D eigenvalue weighted by molar-refractivity contribution is 5.99. The van der Waals surface area contributed by atoms with E-state index in [-0.39, 0.29) is 12.3 Å². The Morgan fingerprint density at radius 2 is 2.33 bits per heavy atom. The fourth-order valence-corrected chi connectivity index (χ4v) is 2.21. The maximum absolute atomic E-state index is 11.7. The summed E-state index contributed by atoms with van der Waals surface area (Å²) >= 11 is 0. The lowest BCUT2D eigenvalue weighted by Gasteiger charge is -2.36. The molecule has 0 radical (unpaired) electrons. The summed E-state index contributed by atoms with van der Waals surface area (Å²) in [5.41, 5.74) is 1.55. The number of aliphatic hydroxyl groups excluding tert-OH is 1. The Bertz CT molecular complexity index is 430. The van der Waals surface area contributed by atoms with Crippen LogP contribution in [0.2, 0.25) is 0 Å². The SMILES string of the molecule is O=C1CC(O)c2cccc3c2N1CCO3. The molecular formula is C11H11NO3. The van der Waals surface area contributed by atoms with E-state index in [1.165, 1.54) is 0 Å². The summed E-state index contributed by atoms with van der Waals surface area (Å²) in [5.74, 6) is 0.677. The van der Waals surface area contributed by atoms with Gasteiger partial charge in [0.15, 0.2) is 0 Å². The van der Waals surface area contributed by atoms with Crippen LogP contribution in [0.5, 0.6) is 5.75 Å². The average Bonchev–Trinajstić information content (AvgIpc) is 2.25. The normalized spacial score (nSPS) is 23.4. The van der Waals surface area contributed by atoms with Crippen LogP contribution in [0.25, 0.3) is 0 Å². The van der Waals surface area contributed by atoms with Crippen LogP contribution in [-0.4, -0.2) is 24.2 Å². The van der Waals surface area contributed by atoms with Gasteiger partial charge in [0, 0.05) is 5.56 Å². The van der Waals surface area contributed by atoms with E-state index in [2.05, 4.69) is 0 Å². The first kappa shape index (κ1) is 8.73. The molecule has 1 N–H and O–H groups in total. The summed E-state index contributed by atoms with van der Waals surface area (Å²) in [6.45, 7) is 1.11. The van der Waals surface area contributed by atoms with Gasteiger partial charge in [-0.1, -0.05) is 12.1 Å². The molecule has 1 amide bonds. The Labute approximate surface area is 87.1 Å². The summed E-state index contributed by atoms with van der Waals surface area (Å²) in [5, 5.41) is 9.79. The van der Waals surface area contributed by atoms with Gasteiger partial charge in [0.2, 0.25) is 5.91 Å². The summed E-state index contributed by atoms with van der Waals surface area (Å²) in [4.78, 5) is 13.4. The van der Waals surface area contributed by atoms with E-state index in [1.807, 2.05) is 18.2 Å². The number of nitrogens with zero attached hydrogens (tertiary/aromatic N) is 1. The maximum atomic E-state index is 11.7. The predicted molar refractivity (Wildman–Crippen MR) is 53.9 cm³/mol. The first-order valence-electron chi connectivity index (χ1n) is 5.01. The third kappa shape index (κ3) is 1.15. The summed E-state index contributed by atoms with van der Waals surface area (Å²) in [6, 6.07) is 5.52. The molecular weight excluding hydrogens is 194 g/mol. The van der Waals surface area contributed by atoms with Crippen molar-refractivity contribution in [2.45, 2.75) is 12.5 Å². The van der Waals surface area contributed by atoms with Gasteiger partial charge in [0.05, 0.1) is 24.8 Å². The lowest BCUT2D eigenvalue weighted by atomic mass is 9.97. The number of rotatable bonds is 0. The van der Waals surface area contributed by atoms with Gasteiger partial charge >= 0.3 is 0 Å². The zero-order valence-electron chi connectivity index (χ0n) is 8.14. The quantitative estimate of drug-likeness (QED) is 0.683. The van der Waals surface area contributed by atoms with Gasteiger partial charge in [-0.15, -0.1) is 0 Å². The number of benzene rings is 1. The Hall–Kier alpha value is -1.55. The van der Waals surface area contributed by atoms with Gasteiger partial charge in [-0.05, 0) is 6.07 Å². The van der Waals surface area contributed by atoms with Gasteiger partial charge in [-0.3, -0.25) is 4.79 Å². The molecule has 3 rings (SSSR count). The van der Waals surface area contributed by atoms with Crippen LogP contribution in [0.3, 0.4) is 0 Å². The largest absolute Gasteiger partial charge is 0.490 e. The average molecular weight is 205 g/mol. The van der Waals surface area contributed by atoms with Crippen LogP contribution >= 0.6 is 0 Å². The van der Waals surface area contributed by atoms with Crippen molar-refractivity contribution >= 4 is 11.6 Å². The number of carbonyl (C=O) groups is 1. The van der Waals surface area contributed by atoms with Crippen molar-refractivity contribution in [3.05, 3.63) is 23.8 Å². The van der Waals surface area contributed by atoms with Crippen molar-refractivity contribution in [2.75, 3.05) is 18.1 Å². The topological polar surface area (TPSA) is 49.8 Å². The third-order valence-electron chi connectivity index (χ3n) is 2.90. The molecule has 0 aromatic heterocycles. The summed E-state index contributed by atoms with van der Waals surface area (Å²) in [7, 11) is 0. The van der Waals surface area contributed by atoms with E-state index in [0.29, 0.717) is 18.9 Å². The van der Waals surface area contributed by atoms with Crippen LogP contribution < -0.4 is 9.64 Å². The molecule has 78 valence electrons. The number of anilines is 1.